The predicted molar refractivity (Wildman–Crippen MR) is 71.7 cm³/mol. The molecule has 0 atom stereocenters. The Balaban J connectivity index is 2.45. The summed E-state index contributed by atoms with van der Waals surface area (Å²) in [6, 6.07) is 1.71. The van der Waals surface area contributed by atoms with Gasteiger partial charge in [-0.3, -0.25) is 10.1 Å². The molecule has 0 amide bonds. The van der Waals surface area contributed by atoms with Crippen molar-refractivity contribution < 1.29 is 4.92 Å². The van der Waals surface area contributed by atoms with Crippen LogP contribution in [0.25, 0.3) is 0 Å². The van der Waals surface area contributed by atoms with Crippen molar-refractivity contribution >= 4 is 23.3 Å². The molecule has 94 valence electrons. The molecule has 0 aromatic carbocycles. The number of hydrogen-bond donors (Lipinski definition) is 1. The number of anilines is 1. The fourth-order valence-corrected chi connectivity index (χ4v) is 1.92. The van der Waals surface area contributed by atoms with E-state index >= 15 is 0 Å². The molecular weight excluding hydrogens is 238 g/mol. The number of pyridine rings is 1. The molecule has 0 saturated heterocycles. The van der Waals surface area contributed by atoms with Crippen LogP contribution in [0, 0.1) is 17.0 Å². The second-order valence-corrected chi connectivity index (χ2v) is 4.73. The summed E-state index contributed by atoms with van der Waals surface area (Å²) >= 11 is 1.84. The van der Waals surface area contributed by atoms with E-state index in [4.69, 9.17) is 0 Å². The summed E-state index contributed by atoms with van der Waals surface area (Å²) in [5.74, 6) is 1.87. The largest absolute Gasteiger partial charge is 0.370 e. The predicted octanol–water partition coefficient (Wildman–Crippen LogP) is 2.85. The van der Waals surface area contributed by atoms with Gasteiger partial charge in [0.1, 0.15) is 12.0 Å². The van der Waals surface area contributed by atoms with Gasteiger partial charge in [-0.25, -0.2) is 4.98 Å². The quantitative estimate of drug-likeness (QED) is 0.461. The van der Waals surface area contributed by atoms with Crippen molar-refractivity contribution in [3.05, 3.63) is 27.9 Å². The Morgan fingerprint density at radius 2 is 2.29 bits per heavy atom. The standard InChI is InChI=1S/C11H17N3O2S/c1-9-7-11(12-5-3-4-6-17-2)13-8-10(9)14(15)16/h7-8H,3-6H2,1-2H3,(H,12,13). The first-order valence-corrected chi connectivity index (χ1v) is 6.88. The molecule has 1 aromatic heterocycles. The minimum Gasteiger partial charge on any atom is -0.370 e. The second kappa shape index (κ2) is 7.11. The van der Waals surface area contributed by atoms with Gasteiger partial charge < -0.3 is 5.32 Å². The Hall–Kier alpha value is -1.30. The number of nitro groups is 1. The van der Waals surface area contributed by atoms with Gasteiger partial charge in [0.25, 0.3) is 5.69 Å². The zero-order valence-electron chi connectivity index (χ0n) is 10.1. The fraction of sp³-hybridized carbons (Fsp3) is 0.545. The van der Waals surface area contributed by atoms with Gasteiger partial charge >= 0.3 is 0 Å². The van der Waals surface area contributed by atoms with Gasteiger partial charge in [-0.1, -0.05) is 0 Å². The highest BCUT2D eigenvalue weighted by atomic mass is 32.2. The van der Waals surface area contributed by atoms with Crippen molar-refractivity contribution in [1.82, 2.24) is 4.98 Å². The average Bonchev–Trinajstić information content (AvgIpc) is 2.28. The van der Waals surface area contributed by atoms with Crippen LogP contribution in [0.15, 0.2) is 12.3 Å². The Bertz CT molecular complexity index is 385. The zero-order valence-corrected chi connectivity index (χ0v) is 10.9. The van der Waals surface area contributed by atoms with Gasteiger partial charge in [0.15, 0.2) is 0 Å². The van der Waals surface area contributed by atoms with E-state index in [-0.39, 0.29) is 5.69 Å². The van der Waals surface area contributed by atoms with E-state index in [9.17, 15) is 10.1 Å². The third-order valence-corrected chi connectivity index (χ3v) is 3.06. The van der Waals surface area contributed by atoms with E-state index in [2.05, 4.69) is 16.6 Å². The lowest BCUT2D eigenvalue weighted by atomic mass is 10.2. The van der Waals surface area contributed by atoms with E-state index < -0.39 is 4.92 Å². The van der Waals surface area contributed by atoms with Gasteiger partial charge in [-0.05, 0) is 37.8 Å². The highest BCUT2D eigenvalue weighted by Gasteiger charge is 2.10. The molecule has 0 aliphatic rings. The molecule has 1 N–H and O–H groups in total. The van der Waals surface area contributed by atoms with Crippen LogP contribution >= 0.6 is 11.8 Å². The number of thioether (sulfide) groups is 1. The second-order valence-electron chi connectivity index (χ2n) is 3.74. The maximum Gasteiger partial charge on any atom is 0.290 e. The Morgan fingerprint density at radius 3 is 2.88 bits per heavy atom. The van der Waals surface area contributed by atoms with Crippen LogP contribution in [-0.4, -0.2) is 28.5 Å². The molecule has 0 spiro atoms. The Kier molecular flexibility index (Phi) is 5.76. The zero-order chi connectivity index (χ0) is 12.7. The summed E-state index contributed by atoms with van der Waals surface area (Å²) in [5, 5.41) is 13.8. The molecule has 0 radical (unpaired) electrons. The molecule has 1 heterocycles. The van der Waals surface area contributed by atoms with Crippen LogP contribution < -0.4 is 5.32 Å². The van der Waals surface area contributed by atoms with Crippen LogP contribution in [0.3, 0.4) is 0 Å². The third kappa shape index (κ3) is 4.60. The molecule has 1 rings (SSSR count). The Labute approximate surface area is 105 Å². The number of nitrogens with one attached hydrogen (secondary N) is 1. The summed E-state index contributed by atoms with van der Waals surface area (Å²) < 4.78 is 0. The van der Waals surface area contributed by atoms with E-state index in [1.807, 2.05) is 11.8 Å². The summed E-state index contributed by atoms with van der Waals surface area (Å²) in [7, 11) is 0. The van der Waals surface area contributed by atoms with Crippen LogP contribution in [-0.2, 0) is 0 Å². The molecule has 0 bridgehead atoms. The topological polar surface area (TPSA) is 68.1 Å². The SMILES string of the molecule is CSCCCCNc1cc(C)c([N+](=O)[O-])cn1. The van der Waals surface area contributed by atoms with Gasteiger partial charge in [-0.15, -0.1) is 0 Å². The molecule has 0 fully saturated rings. The first kappa shape index (κ1) is 13.8. The van der Waals surface area contributed by atoms with Gasteiger partial charge in [0.05, 0.1) is 4.92 Å². The number of aromatic nitrogens is 1. The smallest absolute Gasteiger partial charge is 0.290 e. The van der Waals surface area contributed by atoms with E-state index in [1.165, 1.54) is 12.6 Å². The first-order valence-electron chi connectivity index (χ1n) is 5.49. The molecule has 0 aliphatic heterocycles. The minimum absolute atomic E-state index is 0.0675. The number of hydrogen-bond acceptors (Lipinski definition) is 5. The van der Waals surface area contributed by atoms with Crippen molar-refractivity contribution in [1.29, 1.82) is 0 Å². The van der Waals surface area contributed by atoms with Crippen LogP contribution in [0.1, 0.15) is 18.4 Å². The van der Waals surface area contributed by atoms with Crippen molar-refractivity contribution in [3.8, 4) is 0 Å². The monoisotopic (exact) mass is 255 g/mol. The van der Waals surface area contributed by atoms with Gasteiger partial charge in [0.2, 0.25) is 0 Å². The van der Waals surface area contributed by atoms with Gasteiger partial charge in [-0.2, -0.15) is 11.8 Å². The summed E-state index contributed by atoms with van der Waals surface area (Å²) in [6.07, 6.45) is 5.65. The van der Waals surface area contributed by atoms with Crippen LogP contribution in [0.4, 0.5) is 11.5 Å². The molecule has 0 unspecified atom stereocenters. The summed E-state index contributed by atoms with van der Waals surface area (Å²) in [5.41, 5.74) is 0.703. The van der Waals surface area contributed by atoms with Crippen LogP contribution in [0.5, 0.6) is 0 Å². The van der Waals surface area contributed by atoms with Gasteiger partial charge in [0, 0.05) is 12.1 Å². The lowest BCUT2D eigenvalue weighted by molar-refractivity contribution is -0.385. The molecule has 6 heteroatoms. The van der Waals surface area contributed by atoms with Crippen molar-refractivity contribution in [2.75, 3.05) is 23.9 Å². The number of aryl methyl sites for hydroxylation is 1. The number of nitrogens with zero attached hydrogens (tertiary/aromatic N) is 2. The lowest BCUT2D eigenvalue weighted by Gasteiger charge is -2.05. The maximum absolute atomic E-state index is 10.6. The van der Waals surface area contributed by atoms with Crippen molar-refractivity contribution in [2.45, 2.75) is 19.8 Å². The fourth-order valence-electron chi connectivity index (χ4n) is 1.42. The molecular formula is C11H17N3O2S. The number of unbranched alkanes of at least 4 members (excludes halogenated alkanes) is 1. The average molecular weight is 255 g/mol. The number of rotatable bonds is 7. The highest BCUT2D eigenvalue weighted by Crippen LogP contribution is 2.18. The van der Waals surface area contributed by atoms with E-state index in [0.717, 1.165) is 18.7 Å². The molecule has 1 aromatic rings. The van der Waals surface area contributed by atoms with Crippen molar-refractivity contribution in [3.63, 3.8) is 0 Å². The first-order chi connectivity index (χ1) is 8.15. The molecule has 0 saturated carbocycles. The Morgan fingerprint density at radius 1 is 1.53 bits per heavy atom. The lowest BCUT2D eigenvalue weighted by Crippen LogP contribution is -2.04. The maximum atomic E-state index is 10.6. The minimum atomic E-state index is -0.412. The molecule has 17 heavy (non-hydrogen) atoms. The summed E-state index contributed by atoms with van der Waals surface area (Å²) in [6.45, 7) is 2.57. The third-order valence-electron chi connectivity index (χ3n) is 2.36. The molecule has 0 aliphatic carbocycles. The highest BCUT2D eigenvalue weighted by molar-refractivity contribution is 7.98. The van der Waals surface area contributed by atoms with E-state index in [1.54, 1.807) is 13.0 Å². The summed E-state index contributed by atoms with van der Waals surface area (Å²) in [4.78, 5) is 14.2. The molecule has 5 nitrogen and oxygen atoms in total. The van der Waals surface area contributed by atoms with Crippen molar-refractivity contribution in [2.24, 2.45) is 0 Å². The normalized spacial score (nSPS) is 10.2. The van der Waals surface area contributed by atoms with Crippen LogP contribution in [0.2, 0.25) is 0 Å². The van der Waals surface area contributed by atoms with E-state index in [0.29, 0.717) is 11.4 Å².